The van der Waals surface area contributed by atoms with Gasteiger partial charge in [-0.1, -0.05) is 19.3 Å². The van der Waals surface area contributed by atoms with Gasteiger partial charge in [0.1, 0.15) is 12.1 Å². The van der Waals surface area contributed by atoms with Crippen molar-refractivity contribution < 1.29 is 14.3 Å². The molecule has 0 aromatic rings. The van der Waals surface area contributed by atoms with Crippen LogP contribution in [-0.4, -0.2) is 48.6 Å². The Hall–Kier alpha value is -1.10. The molecule has 3 unspecified atom stereocenters. The summed E-state index contributed by atoms with van der Waals surface area (Å²) in [5, 5.41) is 2.86. The van der Waals surface area contributed by atoms with Crippen molar-refractivity contribution in [2.75, 3.05) is 13.7 Å². The minimum atomic E-state index is -0.415. The summed E-state index contributed by atoms with van der Waals surface area (Å²) < 4.78 is 5.13. The molecule has 5 nitrogen and oxygen atoms in total. The first-order valence-corrected chi connectivity index (χ1v) is 8.17. The van der Waals surface area contributed by atoms with E-state index in [0.717, 1.165) is 19.3 Å². The second-order valence-electron chi connectivity index (χ2n) is 6.45. The van der Waals surface area contributed by atoms with Crippen molar-refractivity contribution in [3.63, 3.8) is 0 Å². The lowest BCUT2D eigenvalue weighted by molar-refractivity contribution is -0.154. The SMILES string of the molecule is COCCC(C)N1C(=O)C(C)NC(=O)C1C1CCCCC1. The third kappa shape index (κ3) is 3.57. The zero-order valence-electron chi connectivity index (χ0n) is 13.4. The van der Waals surface area contributed by atoms with Gasteiger partial charge in [0.2, 0.25) is 11.8 Å². The summed E-state index contributed by atoms with van der Waals surface area (Å²) in [4.78, 5) is 26.9. The van der Waals surface area contributed by atoms with Crippen molar-refractivity contribution in [3.8, 4) is 0 Å². The zero-order valence-corrected chi connectivity index (χ0v) is 13.4. The molecule has 1 N–H and O–H groups in total. The van der Waals surface area contributed by atoms with E-state index in [-0.39, 0.29) is 23.9 Å². The average molecular weight is 296 g/mol. The van der Waals surface area contributed by atoms with Crippen LogP contribution in [0.5, 0.6) is 0 Å². The lowest BCUT2D eigenvalue weighted by Crippen LogP contribution is -2.66. The molecule has 0 aromatic carbocycles. The smallest absolute Gasteiger partial charge is 0.245 e. The molecule has 1 saturated heterocycles. The van der Waals surface area contributed by atoms with Crippen molar-refractivity contribution in [2.24, 2.45) is 5.92 Å². The Morgan fingerprint density at radius 3 is 2.57 bits per heavy atom. The highest BCUT2D eigenvalue weighted by atomic mass is 16.5. The largest absolute Gasteiger partial charge is 0.385 e. The van der Waals surface area contributed by atoms with E-state index in [2.05, 4.69) is 5.32 Å². The molecule has 0 bridgehead atoms. The van der Waals surface area contributed by atoms with Gasteiger partial charge in [-0.3, -0.25) is 9.59 Å². The van der Waals surface area contributed by atoms with Crippen LogP contribution < -0.4 is 5.32 Å². The molecule has 1 heterocycles. The van der Waals surface area contributed by atoms with Gasteiger partial charge in [-0.05, 0) is 39.0 Å². The first-order chi connectivity index (χ1) is 10.1. The summed E-state index contributed by atoms with van der Waals surface area (Å²) in [5.41, 5.74) is 0. The fourth-order valence-electron chi connectivity index (χ4n) is 3.66. The van der Waals surface area contributed by atoms with E-state index in [0.29, 0.717) is 12.5 Å². The first kappa shape index (κ1) is 16.3. The Balaban J connectivity index is 2.18. The summed E-state index contributed by atoms with van der Waals surface area (Å²) in [6.07, 6.45) is 6.44. The fourth-order valence-corrected chi connectivity index (χ4v) is 3.66. The van der Waals surface area contributed by atoms with Crippen molar-refractivity contribution in [2.45, 2.75) is 70.5 Å². The highest BCUT2D eigenvalue weighted by Gasteiger charge is 2.44. The minimum Gasteiger partial charge on any atom is -0.385 e. The topological polar surface area (TPSA) is 58.6 Å². The molecule has 0 spiro atoms. The third-order valence-electron chi connectivity index (χ3n) is 4.86. The van der Waals surface area contributed by atoms with Crippen LogP contribution in [0.1, 0.15) is 52.4 Å². The molecule has 2 rings (SSSR count). The summed E-state index contributed by atoms with van der Waals surface area (Å²) in [6, 6.07) is -0.666. The van der Waals surface area contributed by atoms with Gasteiger partial charge in [-0.25, -0.2) is 0 Å². The van der Waals surface area contributed by atoms with Gasteiger partial charge >= 0.3 is 0 Å². The van der Waals surface area contributed by atoms with Crippen LogP contribution in [0.2, 0.25) is 0 Å². The van der Waals surface area contributed by atoms with Crippen LogP contribution in [0.3, 0.4) is 0 Å². The predicted molar refractivity (Wildman–Crippen MR) is 80.8 cm³/mol. The highest BCUT2D eigenvalue weighted by molar-refractivity contribution is 5.97. The zero-order chi connectivity index (χ0) is 15.4. The van der Waals surface area contributed by atoms with Crippen LogP contribution in [0, 0.1) is 5.92 Å². The quantitative estimate of drug-likeness (QED) is 0.840. The van der Waals surface area contributed by atoms with E-state index in [1.54, 1.807) is 14.0 Å². The molecule has 1 saturated carbocycles. The maximum Gasteiger partial charge on any atom is 0.245 e. The van der Waals surface area contributed by atoms with Crippen molar-refractivity contribution in [3.05, 3.63) is 0 Å². The number of nitrogens with zero attached hydrogens (tertiary/aromatic N) is 1. The highest BCUT2D eigenvalue weighted by Crippen LogP contribution is 2.32. The Morgan fingerprint density at radius 2 is 1.95 bits per heavy atom. The number of piperazine rings is 1. The molecular weight excluding hydrogens is 268 g/mol. The number of carbonyl (C=O) groups is 2. The van der Waals surface area contributed by atoms with Crippen molar-refractivity contribution in [1.29, 1.82) is 0 Å². The van der Waals surface area contributed by atoms with Gasteiger partial charge in [0.15, 0.2) is 0 Å². The molecule has 21 heavy (non-hydrogen) atoms. The molecule has 5 heteroatoms. The third-order valence-corrected chi connectivity index (χ3v) is 4.86. The van der Waals surface area contributed by atoms with Crippen molar-refractivity contribution >= 4 is 11.8 Å². The van der Waals surface area contributed by atoms with Crippen LogP contribution in [0.25, 0.3) is 0 Å². The molecular formula is C16H28N2O3. The van der Waals surface area contributed by atoms with Crippen LogP contribution in [0.15, 0.2) is 0 Å². The van der Waals surface area contributed by atoms with Crippen molar-refractivity contribution in [1.82, 2.24) is 10.2 Å². The molecule has 0 aromatic heterocycles. The molecule has 2 amide bonds. The molecule has 1 aliphatic heterocycles. The number of rotatable bonds is 5. The predicted octanol–water partition coefficient (Wildman–Crippen LogP) is 1.71. The van der Waals surface area contributed by atoms with Crippen LogP contribution in [0.4, 0.5) is 0 Å². The number of carbonyl (C=O) groups excluding carboxylic acids is 2. The Labute approximate surface area is 127 Å². The second-order valence-corrected chi connectivity index (χ2v) is 6.45. The van der Waals surface area contributed by atoms with E-state index < -0.39 is 6.04 Å². The standard InChI is InChI=1S/C16H28N2O3/c1-11(9-10-21-3)18-14(13-7-5-4-6-8-13)15(19)17-12(2)16(18)20/h11-14H,4-10H2,1-3H3,(H,17,19). The van der Waals surface area contributed by atoms with E-state index >= 15 is 0 Å². The fraction of sp³-hybridized carbons (Fsp3) is 0.875. The van der Waals surface area contributed by atoms with E-state index in [1.165, 1.54) is 19.3 Å². The molecule has 2 aliphatic rings. The number of methoxy groups -OCH3 is 1. The number of nitrogens with one attached hydrogen (secondary N) is 1. The van der Waals surface area contributed by atoms with Gasteiger partial charge in [0.05, 0.1) is 0 Å². The summed E-state index contributed by atoms with van der Waals surface area (Å²) in [6.45, 7) is 4.41. The van der Waals surface area contributed by atoms with Gasteiger partial charge in [-0.2, -0.15) is 0 Å². The van der Waals surface area contributed by atoms with Gasteiger partial charge in [0, 0.05) is 19.8 Å². The van der Waals surface area contributed by atoms with Gasteiger partial charge in [-0.15, -0.1) is 0 Å². The first-order valence-electron chi connectivity index (χ1n) is 8.17. The Bertz CT molecular complexity index is 380. The average Bonchev–Trinajstić information content (AvgIpc) is 2.49. The van der Waals surface area contributed by atoms with Crippen LogP contribution >= 0.6 is 0 Å². The lowest BCUT2D eigenvalue weighted by Gasteiger charge is -2.45. The number of hydrogen-bond acceptors (Lipinski definition) is 3. The van der Waals surface area contributed by atoms with E-state index in [1.807, 2.05) is 11.8 Å². The maximum absolute atomic E-state index is 12.6. The molecule has 120 valence electrons. The Kier molecular flexibility index (Phi) is 5.62. The van der Waals surface area contributed by atoms with E-state index in [4.69, 9.17) is 4.74 Å². The molecule has 0 radical (unpaired) electrons. The monoisotopic (exact) mass is 296 g/mol. The number of amides is 2. The van der Waals surface area contributed by atoms with Gasteiger partial charge in [0.25, 0.3) is 0 Å². The van der Waals surface area contributed by atoms with Crippen LogP contribution in [-0.2, 0) is 14.3 Å². The summed E-state index contributed by atoms with van der Waals surface area (Å²) >= 11 is 0. The minimum absolute atomic E-state index is 0.0262. The summed E-state index contributed by atoms with van der Waals surface area (Å²) in [5.74, 6) is 0.382. The normalized spacial score (nSPS) is 29.4. The van der Waals surface area contributed by atoms with E-state index in [9.17, 15) is 9.59 Å². The molecule has 1 aliphatic carbocycles. The Morgan fingerprint density at radius 1 is 1.29 bits per heavy atom. The molecule has 2 fully saturated rings. The van der Waals surface area contributed by atoms with Gasteiger partial charge < -0.3 is 15.0 Å². The second kappa shape index (κ2) is 7.25. The number of ether oxygens (including phenoxy) is 1. The summed E-state index contributed by atoms with van der Waals surface area (Å²) in [7, 11) is 1.67. The lowest BCUT2D eigenvalue weighted by atomic mass is 9.81. The maximum atomic E-state index is 12.6. The molecule has 3 atom stereocenters. The number of hydrogen-bond donors (Lipinski definition) is 1.